The lowest BCUT2D eigenvalue weighted by atomic mass is 10.1. The summed E-state index contributed by atoms with van der Waals surface area (Å²) in [6, 6.07) is 18.1. The summed E-state index contributed by atoms with van der Waals surface area (Å²) in [5, 5.41) is 2.88. The van der Waals surface area contributed by atoms with E-state index in [2.05, 4.69) is 10.3 Å². The average molecular weight is 349 g/mol. The first kappa shape index (κ1) is 17.8. The second kappa shape index (κ2) is 8.36. The van der Waals surface area contributed by atoms with Gasteiger partial charge < -0.3 is 11.1 Å². The van der Waals surface area contributed by atoms with E-state index in [-0.39, 0.29) is 18.1 Å². The van der Waals surface area contributed by atoms with E-state index in [9.17, 15) is 9.18 Å². The first-order valence-corrected chi connectivity index (χ1v) is 8.40. The summed E-state index contributed by atoms with van der Waals surface area (Å²) in [4.78, 5) is 16.3. The van der Waals surface area contributed by atoms with Gasteiger partial charge in [0.1, 0.15) is 5.82 Å². The minimum Gasteiger partial charge on any atom is -0.352 e. The van der Waals surface area contributed by atoms with Gasteiger partial charge in [0.25, 0.3) is 0 Å². The summed E-state index contributed by atoms with van der Waals surface area (Å²) < 4.78 is 14.1. The number of hydrogen-bond donors (Lipinski definition) is 2. The summed E-state index contributed by atoms with van der Waals surface area (Å²) >= 11 is 0. The molecule has 3 rings (SSSR count). The Hall–Kier alpha value is -3.05. The Bertz CT molecular complexity index is 880. The zero-order chi connectivity index (χ0) is 18.4. The van der Waals surface area contributed by atoms with Gasteiger partial charge in [0, 0.05) is 24.8 Å². The highest BCUT2D eigenvalue weighted by Crippen LogP contribution is 2.22. The molecular formula is C21H20FN3O. The highest BCUT2D eigenvalue weighted by atomic mass is 19.1. The number of nitrogens with one attached hydrogen (secondary N) is 1. The van der Waals surface area contributed by atoms with Crippen LogP contribution in [0.4, 0.5) is 4.39 Å². The fraction of sp³-hybridized carbons (Fsp3) is 0.143. The molecule has 0 atom stereocenters. The summed E-state index contributed by atoms with van der Waals surface area (Å²) in [5.74, 6) is -0.435. The third-order valence-electron chi connectivity index (χ3n) is 4.07. The second-order valence-corrected chi connectivity index (χ2v) is 6.01. The highest BCUT2D eigenvalue weighted by Gasteiger charge is 2.09. The van der Waals surface area contributed by atoms with Gasteiger partial charge in [-0.3, -0.25) is 9.78 Å². The lowest BCUT2D eigenvalue weighted by Gasteiger charge is -2.07. The molecule has 0 saturated carbocycles. The van der Waals surface area contributed by atoms with Crippen LogP contribution in [0.15, 0.2) is 66.9 Å². The van der Waals surface area contributed by atoms with Crippen molar-refractivity contribution in [2.45, 2.75) is 19.5 Å². The molecule has 26 heavy (non-hydrogen) atoms. The number of hydrogen-bond acceptors (Lipinski definition) is 3. The maximum atomic E-state index is 14.1. The Labute approximate surface area is 151 Å². The number of benzene rings is 2. The van der Waals surface area contributed by atoms with E-state index in [0.29, 0.717) is 24.3 Å². The Balaban J connectivity index is 1.61. The maximum Gasteiger partial charge on any atom is 0.224 e. The Morgan fingerprint density at radius 3 is 2.42 bits per heavy atom. The number of rotatable bonds is 6. The van der Waals surface area contributed by atoms with Crippen molar-refractivity contribution in [1.82, 2.24) is 10.3 Å². The third-order valence-corrected chi connectivity index (χ3v) is 4.07. The van der Waals surface area contributed by atoms with Crippen LogP contribution in [-0.4, -0.2) is 10.9 Å². The monoisotopic (exact) mass is 349 g/mol. The number of halogens is 1. The van der Waals surface area contributed by atoms with Crippen LogP contribution in [0.3, 0.4) is 0 Å². The first-order valence-electron chi connectivity index (χ1n) is 8.40. The first-order chi connectivity index (χ1) is 12.7. The molecule has 4 nitrogen and oxygen atoms in total. The van der Waals surface area contributed by atoms with Gasteiger partial charge >= 0.3 is 0 Å². The highest BCUT2D eigenvalue weighted by molar-refractivity contribution is 5.78. The standard InChI is InChI=1S/C21H20FN3O/c22-19-10-16(12-23)6-8-18(19)20-9-7-17(14-24-20)11-21(26)25-13-15-4-2-1-3-5-15/h1-10,14H,11-13,23H2,(H,25,26). The molecule has 0 spiro atoms. The van der Waals surface area contributed by atoms with Crippen LogP contribution in [0, 0.1) is 5.82 Å². The Morgan fingerprint density at radius 1 is 1.00 bits per heavy atom. The molecule has 0 fully saturated rings. The number of carbonyl (C=O) groups is 1. The molecule has 3 N–H and O–H groups in total. The van der Waals surface area contributed by atoms with E-state index in [4.69, 9.17) is 5.73 Å². The van der Waals surface area contributed by atoms with Crippen molar-refractivity contribution in [1.29, 1.82) is 0 Å². The van der Waals surface area contributed by atoms with Gasteiger partial charge in [0.05, 0.1) is 12.1 Å². The minimum atomic E-state index is -0.353. The molecule has 1 aromatic heterocycles. The number of aromatic nitrogens is 1. The number of amides is 1. The van der Waals surface area contributed by atoms with Crippen molar-refractivity contribution in [3.8, 4) is 11.3 Å². The minimum absolute atomic E-state index is 0.0816. The van der Waals surface area contributed by atoms with Gasteiger partial charge in [-0.1, -0.05) is 42.5 Å². The fourth-order valence-electron chi connectivity index (χ4n) is 2.63. The van der Waals surface area contributed by atoms with Gasteiger partial charge in [-0.15, -0.1) is 0 Å². The predicted octanol–water partition coefficient (Wildman–Crippen LogP) is 3.21. The lowest BCUT2D eigenvalue weighted by Crippen LogP contribution is -2.24. The van der Waals surface area contributed by atoms with Crippen LogP contribution in [-0.2, 0) is 24.3 Å². The van der Waals surface area contributed by atoms with Crippen LogP contribution >= 0.6 is 0 Å². The normalized spacial score (nSPS) is 10.5. The average Bonchev–Trinajstić information content (AvgIpc) is 2.68. The predicted molar refractivity (Wildman–Crippen MR) is 99.5 cm³/mol. The summed E-state index contributed by atoms with van der Waals surface area (Å²) in [6.07, 6.45) is 1.84. The van der Waals surface area contributed by atoms with Crippen LogP contribution in [0.2, 0.25) is 0 Å². The van der Waals surface area contributed by atoms with Gasteiger partial charge in [0.2, 0.25) is 5.91 Å². The molecule has 0 bridgehead atoms. The number of nitrogens with two attached hydrogens (primary N) is 1. The molecule has 132 valence electrons. The number of nitrogens with zero attached hydrogens (tertiary/aromatic N) is 1. The van der Waals surface area contributed by atoms with E-state index in [1.807, 2.05) is 30.3 Å². The SMILES string of the molecule is NCc1ccc(-c2ccc(CC(=O)NCc3ccccc3)cn2)c(F)c1. The third kappa shape index (κ3) is 4.52. The van der Waals surface area contributed by atoms with E-state index in [0.717, 1.165) is 16.7 Å². The topological polar surface area (TPSA) is 68.0 Å². The Morgan fingerprint density at radius 2 is 1.77 bits per heavy atom. The molecule has 0 aliphatic heterocycles. The molecule has 5 heteroatoms. The van der Waals surface area contributed by atoms with Crippen LogP contribution in [0.1, 0.15) is 16.7 Å². The number of pyridine rings is 1. The van der Waals surface area contributed by atoms with E-state index < -0.39 is 0 Å². The van der Waals surface area contributed by atoms with Crippen molar-refractivity contribution in [3.63, 3.8) is 0 Å². The molecular weight excluding hydrogens is 329 g/mol. The smallest absolute Gasteiger partial charge is 0.224 e. The van der Waals surface area contributed by atoms with Crippen LogP contribution in [0.5, 0.6) is 0 Å². The van der Waals surface area contributed by atoms with Crippen molar-refractivity contribution < 1.29 is 9.18 Å². The van der Waals surface area contributed by atoms with Gasteiger partial charge in [-0.05, 0) is 34.9 Å². The van der Waals surface area contributed by atoms with E-state index in [1.54, 1.807) is 30.5 Å². The molecule has 3 aromatic rings. The zero-order valence-corrected chi connectivity index (χ0v) is 14.3. The lowest BCUT2D eigenvalue weighted by molar-refractivity contribution is -0.120. The molecule has 2 aromatic carbocycles. The molecule has 0 radical (unpaired) electrons. The summed E-state index contributed by atoms with van der Waals surface area (Å²) in [5.41, 5.74) is 9.02. The van der Waals surface area contributed by atoms with E-state index >= 15 is 0 Å². The molecule has 0 unspecified atom stereocenters. The quantitative estimate of drug-likeness (QED) is 0.718. The zero-order valence-electron chi connectivity index (χ0n) is 14.3. The van der Waals surface area contributed by atoms with Crippen LogP contribution < -0.4 is 11.1 Å². The van der Waals surface area contributed by atoms with Gasteiger partial charge in [0.15, 0.2) is 0 Å². The van der Waals surface area contributed by atoms with Crippen molar-refractivity contribution in [2.75, 3.05) is 0 Å². The van der Waals surface area contributed by atoms with Crippen molar-refractivity contribution >= 4 is 5.91 Å². The molecule has 1 amide bonds. The molecule has 0 aliphatic rings. The Kier molecular flexibility index (Phi) is 5.71. The van der Waals surface area contributed by atoms with Crippen molar-refractivity contribution in [3.05, 3.63) is 89.4 Å². The molecule has 0 saturated heterocycles. The van der Waals surface area contributed by atoms with Gasteiger partial charge in [-0.2, -0.15) is 0 Å². The fourth-order valence-corrected chi connectivity index (χ4v) is 2.63. The van der Waals surface area contributed by atoms with Gasteiger partial charge in [-0.25, -0.2) is 4.39 Å². The number of carbonyl (C=O) groups excluding carboxylic acids is 1. The largest absolute Gasteiger partial charge is 0.352 e. The van der Waals surface area contributed by atoms with Crippen molar-refractivity contribution in [2.24, 2.45) is 5.73 Å². The van der Waals surface area contributed by atoms with Crippen LogP contribution in [0.25, 0.3) is 11.3 Å². The summed E-state index contributed by atoms with van der Waals surface area (Å²) in [7, 11) is 0. The molecule has 0 aliphatic carbocycles. The maximum absolute atomic E-state index is 14.1. The van der Waals surface area contributed by atoms with E-state index in [1.165, 1.54) is 6.07 Å². The summed E-state index contributed by atoms with van der Waals surface area (Å²) in [6.45, 7) is 0.783. The second-order valence-electron chi connectivity index (χ2n) is 6.01. The molecule has 1 heterocycles.